The van der Waals surface area contributed by atoms with E-state index in [1.54, 1.807) is 12.4 Å². The molecule has 0 aliphatic heterocycles. The first-order valence-corrected chi connectivity index (χ1v) is 2.17. The van der Waals surface area contributed by atoms with Gasteiger partial charge in [0.05, 0.1) is 12.4 Å². The van der Waals surface area contributed by atoms with Crippen molar-refractivity contribution in [3.8, 4) is 0 Å². The van der Waals surface area contributed by atoms with Gasteiger partial charge in [-0.15, -0.1) is 0 Å². The SMILES string of the molecule is NC(=[NH2+])n1ccnc1. The Morgan fingerprint density at radius 1 is 1.75 bits per heavy atom. The van der Waals surface area contributed by atoms with Crippen molar-refractivity contribution in [1.82, 2.24) is 9.55 Å². The van der Waals surface area contributed by atoms with E-state index in [1.807, 2.05) is 0 Å². The molecule has 1 aromatic heterocycles. The van der Waals surface area contributed by atoms with E-state index in [-0.39, 0.29) is 5.96 Å². The molecule has 0 aromatic carbocycles. The second-order valence-electron chi connectivity index (χ2n) is 1.39. The Kier molecular flexibility index (Phi) is 0.997. The lowest BCUT2D eigenvalue weighted by Crippen LogP contribution is -2.49. The third-order valence-electron chi connectivity index (χ3n) is 0.803. The van der Waals surface area contributed by atoms with Crippen LogP contribution in [0.4, 0.5) is 0 Å². The fraction of sp³-hybridized carbons (Fsp3) is 0. The van der Waals surface area contributed by atoms with Crippen molar-refractivity contribution in [2.45, 2.75) is 0 Å². The number of nitrogens with two attached hydrogens (primary N) is 2. The first-order valence-electron chi connectivity index (χ1n) is 2.17. The summed E-state index contributed by atoms with van der Waals surface area (Å²) in [6.07, 6.45) is 4.82. The minimum Gasteiger partial charge on any atom is -0.290 e. The predicted octanol–water partition coefficient (Wildman–Crippen LogP) is -2.19. The van der Waals surface area contributed by atoms with Gasteiger partial charge in [0, 0.05) is 0 Å². The number of nitrogens with zero attached hydrogens (tertiary/aromatic N) is 2. The van der Waals surface area contributed by atoms with Crippen molar-refractivity contribution in [3.63, 3.8) is 0 Å². The van der Waals surface area contributed by atoms with Crippen LogP contribution >= 0.6 is 0 Å². The summed E-state index contributed by atoms with van der Waals surface area (Å²) in [6.45, 7) is 0. The van der Waals surface area contributed by atoms with Crippen molar-refractivity contribution >= 4 is 5.96 Å². The highest BCUT2D eigenvalue weighted by atomic mass is 15.1. The van der Waals surface area contributed by atoms with Crippen molar-refractivity contribution < 1.29 is 5.41 Å². The van der Waals surface area contributed by atoms with Crippen LogP contribution in [0.15, 0.2) is 18.7 Å². The molecule has 42 valence electrons. The van der Waals surface area contributed by atoms with E-state index in [2.05, 4.69) is 4.98 Å². The second kappa shape index (κ2) is 1.65. The maximum atomic E-state index is 5.18. The molecule has 0 spiro atoms. The van der Waals surface area contributed by atoms with Gasteiger partial charge >= 0.3 is 5.96 Å². The van der Waals surface area contributed by atoms with E-state index >= 15 is 0 Å². The zero-order valence-electron chi connectivity index (χ0n) is 4.28. The van der Waals surface area contributed by atoms with Crippen molar-refractivity contribution in [2.24, 2.45) is 5.73 Å². The predicted molar refractivity (Wildman–Crippen MR) is 28.7 cm³/mol. The van der Waals surface area contributed by atoms with Gasteiger partial charge in [0.25, 0.3) is 0 Å². The Morgan fingerprint density at radius 3 is 2.75 bits per heavy atom. The van der Waals surface area contributed by atoms with Crippen LogP contribution in [0.5, 0.6) is 0 Å². The summed E-state index contributed by atoms with van der Waals surface area (Å²) in [6, 6.07) is 0. The Labute approximate surface area is 46.5 Å². The van der Waals surface area contributed by atoms with Gasteiger partial charge in [-0.1, -0.05) is 0 Å². The molecular formula is C4H7N4+. The van der Waals surface area contributed by atoms with Crippen LogP contribution in [0.1, 0.15) is 0 Å². The second-order valence-corrected chi connectivity index (χ2v) is 1.39. The lowest BCUT2D eigenvalue weighted by Gasteiger charge is -1.82. The molecule has 4 N–H and O–H groups in total. The van der Waals surface area contributed by atoms with Crippen LogP contribution in [-0.4, -0.2) is 15.5 Å². The van der Waals surface area contributed by atoms with Crippen molar-refractivity contribution in [1.29, 1.82) is 0 Å². The third kappa shape index (κ3) is 0.676. The zero-order chi connectivity index (χ0) is 5.98. The van der Waals surface area contributed by atoms with Crippen LogP contribution in [0.3, 0.4) is 0 Å². The molecule has 8 heavy (non-hydrogen) atoms. The smallest absolute Gasteiger partial charge is 0.290 e. The van der Waals surface area contributed by atoms with Gasteiger partial charge < -0.3 is 0 Å². The first kappa shape index (κ1) is 4.83. The normalized spacial score (nSPS) is 9.00. The highest BCUT2D eigenvalue weighted by Gasteiger charge is 1.95. The lowest BCUT2D eigenvalue weighted by molar-refractivity contribution is -0.119. The summed E-state index contributed by atoms with van der Waals surface area (Å²) in [4.78, 5) is 3.73. The van der Waals surface area contributed by atoms with E-state index in [1.165, 1.54) is 10.9 Å². The Balaban J connectivity index is 2.93. The molecule has 0 amide bonds. The van der Waals surface area contributed by atoms with Crippen LogP contribution < -0.4 is 11.1 Å². The third-order valence-corrected chi connectivity index (χ3v) is 0.803. The minimum absolute atomic E-state index is 0.238. The monoisotopic (exact) mass is 111 g/mol. The maximum Gasteiger partial charge on any atom is 0.351 e. The summed E-state index contributed by atoms with van der Waals surface area (Å²) in [7, 11) is 0. The van der Waals surface area contributed by atoms with E-state index in [9.17, 15) is 0 Å². The summed E-state index contributed by atoms with van der Waals surface area (Å²) >= 11 is 0. The number of aromatic nitrogens is 2. The first-order chi connectivity index (χ1) is 3.80. The van der Waals surface area contributed by atoms with Gasteiger partial charge in [-0.2, -0.15) is 4.57 Å². The fourth-order valence-electron chi connectivity index (χ4n) is 0.412. The van der Waals surface area contributed by atoms with E-state index in [0.29, 0.717) is 0 Å². The van der Waals surface area contributed by atoms with Crippen LogP contribution in [0.2, 0.25) is 0 Å². The summed E-state index contributed by atoms with van der Waals surface area (Å²) in [5.41, 5.74) is 5.18. The molecule has 1 aromatic rings. The molecule has 0 fully saturated rings. The Bertz CT molecular complexity index is 176. The van der Waals surface area contributed by atoms with Crippen LogP contribution in [-0.2, 0) is 0 Å². The number of imidazole rings is 1. The van der Waals surface area contributed by atoms with E-state index < -0.39 is 0 Å². The summed E-state index contributed by atoms with van der Waals surface area (Å²) in [5, 5.41) is 5.18. The molecule has 0 aliphatic rings. The van der Waals surface area contributed by atoms with Gasteiger partial charge in [0.2, 0.25) is 0 Å². The molecule has 4 heteroatoms. The average molecular weight is 111 g/mol. The quantitative estimate of drug-likeness (QED) is 0.295. The van der Waals surface area contributed by atoms with Gasteiger partial charge in [0.1, 0.15) is 0 Å². The van der Waals surface area contributed by atoms with E-state index in [4.69, 9.17) is 11.1 Å². The molecule has 0 bridgehead atoms. The van der Waals surface area contributed by atoms with Crippen molar-refractivity contribution in [3.05, 3.63) is 18.7 Å². The Hall–Kier alpha value is -1.32. The summed E-state index contributed by atoms with van der Waals surface area (Å²) in [5.74, 6) is 0.238. The Morgan fingerprint density at radius 2 is 2.50 bits per heavy atom. The zero-order valence-corrected chi connectivity index (χ0v) is 4.28. The molecule has 0 radical (unpaired) electrons. The largest absolute Gasteiger partial charge is 0.351 e. The van der Waals surface area contributed by atoms with Crippen molar-refractivity contribution in [2.75, 3.05) is 0 Å². The molecule has 0 aliphatic carbocycles. The van der Waals surface area contributed by atoms with Gasteiger partial charge in [-0.05, 0) is 0 Å². The molecule has 1 heterocycles. The van der Waals surface area contributed by atoms with Gasteiger partial charge in [-0.3, -0.25) is 11.1 Å². The molecule has 0 saturated heterocycles. The molecule has 0 saturated carbocycles. The standard InChI is InChI=1S/C4H6N4/c5-4(6)8-2-1-7-3-8/h1-3H,(H3,5,6)/p+1. The number of hydrogen-bond donors (Lipinski definition) is 2. The fourth-order valence-corrected chi connectivity index (χ4v) is 0.412. The topological polar surface area (TPSA) is 69.4 Å². The summed E-state index contributed by atoms with van der Waals surface area (Å²) < 4.78 is 1.53. The molecule has 0 atom stereocenters. The van der Waals surface area contributed by atoms with Gasteiger partial charge in [0.15, 0.2) is 6.33 Å². The number of hydrogen-bond acceptors (Lipinski definition) is 1. The minimum atomic E-state index is 0.238. The lowest BCUT2D eigenvalue weighted by atomic mass is 10.8. The molecule has 4 nitrogen and oxygen atoms in total. The van der Waals surface area contributed by atoms with E-state index in [0.717, 1.165) is 0 Å². The average Bonchev–Trinajstić information content (AvgIpc) is 2.12. The maximum absolute atomic E-state index is 5.18. The van der Waals surface area contributed by atoms with Crippen LogP contribution in [0, 0.1) is 0 Å². The highest BCUT2D eigenvalue weighted by molar-refractivity contribution is 5.73. The number of rotatable bonds is 0. The van der Waals surface area contributed by atoms with Gasteiger partial charge in [-0.25, -0.2) is 4.98 Å². The molecule has 1 rings (SSSR count). The highest BCUT2D eigenvalue weighted by Crippen LogP contribution is 1.76. The van der Waals surface area contributed by atoms with Crippen LogP contribution in [0.25, 0.3) is 0 Å². The molecular weight excluding hydrogens is 104 g/mol. The molecule has 0 unspecified atom stereocenters.